The molecule has 5 amide bonds. The number of hydrogen-bond donors (Lipinski definition) is 7. The zero-order chi connectivity index (χ0) is 41.7. The Balaban J connectivity index is 1.23. The Kier molecular flexibility index (Phi) is 12.9. The van der Waals surface area contributed by atoms with E-state index in [1.54, 1.807) is 0 Å². The molecule has 2 fully saturated rings. The first-order valence-electron chi connectivity index (χ1n) is 19.2. The number of hydrogen-bond acceptors (Lipinski definition) is 8. The lowest BCUT2D eigenvalue weighted by molar-refractivity contribution is -0.144. The summed E-state index contributed by atoms with van der Waals surface area (Å²) >= 11 is 0. The molecule has 2 aliphatic rings. The molecule has 306 valence electrons. The van der Waals surface area contributed by atoms with Crippen molar-refractivity contribution >= 4 is 53.6 Å². The topological polar surface area (TPSA) is 244 Å². The summed E-state index contributed by atoms with van der Waals surface area (Å²) in [7, 11) is -5.04. The standard InChI is InChI=1S/C41H48N7O9P/c1-24(2)47-20-19-29-14-17-34(39(52)44-31(16-18-35(42)49)37(50)46-36(25-9-5-3-6-10-25)26-11-7-4-8-12-26)48(29)40(53)33(23-47)45-38(51)32-22-28-21-27(13-15-30(28)43-32)41(54)58(55,56)57/h3-13,15,21-22,24,29,31,33-34,36,43H,14,16-20,23H2,1-2H3,(H2,42,49)(H,44,52)(H,45,51)(H,46,50)(H2,55,56,57)/t29-,31+,33+,34+/m1/s1. The van der Waals surface area contributed by atoms with E-state index < -0.39 is 66.8 Å². The molecule has 1 aromatic heterocycles. The van der Waals surface area contributed by atoms with Gasteiger partial charge in [0.15, 0.2) is 0 Å². The summed E-state index contributed by atoms with van der Waals surface area (Å²) in [6.07, 6.45) is 1.14. The second-order valence-corrected chi connectivity index (χ2v) is 16.6. The molecule has 58 heavy (non-hydrogen) atoms. The molecule has 0 saturated carbocycles. The van der Waals surface area contributed by atoms with Gasteiger partial charge in [0.2, 0.25) is 23.6 Å². The first-order valence-corrected chi connectivity index (χ1v) is 20.8. The minimum absolute atomic E-state index is 0.0254. The van der Waals surface area contributed by atoms with Gasteiger partial charge < -0.3 is 41.4 Å². The van der Waals surface area contributed by atoms with Crippen LogP contribution in [-0.4, -0.2) is 103 Å². The average molecular weight is 814 g/mol. The predicted octanol–water partition coefficient (Wildman–Crippen LogP) is 2.71. The summed E-state index contributed by atoms with van der Waals surface area (Å²) < 4.78 is 11.5. The highest BCUT2D eigenvalue weighted by molar-refractivity contribution is 7.70. The highest BCUT2D eigenvalue weighted by Gasteiger charge is 2.46. The molecule has 0 unspecified atom stereocenters. The molecule has 6 rings (SSSR count). The van der Waals surface area contributed by atoms with Crippen LogP contribution in [0.2, 0.25) is 0 Å². The van der Waals surface area contributed by atoms with E-state index in [0.29, 0.717) is 36.7 Å². The number of carbonyl (C=O) groups excluding carboxylic acids is 6. The fourth-order valence-electron chi connectivity index (χ4n) is 7.74. The van der Waals surface area contributed by atoms with E-state index in [9.17, 15) is 43.1 Å². The molecular formula is C41H48N7O9P. The van der Waals surface area contributed by atoms with Gasteiger partial charge in [-0.05, 0) is 74.9 Å². The second-order valence-electron chi connectivity index (χ2n) is 15.1. The van der Waals surface area contributed by atoms with Gasteiger partial charge in [-0.15, -0.1) is 0 Å². The van der Waals surface area contributed by atoms with Crippen LogP contribution in [0.4, 0.5) is 0 Å². The minimum Gasteiger partial charge on any atom is -0.370 e. The molecule has 0 bridgehead atoms. The predicted molar refractivity (Wildman–Crippen MR) is 214 cm³/mol. The first kappa shape index (κ1) is 41.9. The van der Waals surface area contributed by atoms with Crippen LogP contribution in [0, 0.1) is 0 Å². The second kappa shape index (κ2) is 17.9. The van der Waals surface area contributed by atoms with Gasteiger partial charge in [0.25, 0.3) is 11.4 Å². The summed E-state index contributed by atoms with van der Waals surface area (Å²) in [5, 5.41) is 9.06. The number of H-pyrrole nitrogens is 1. The van der Waals surface area contributed by atoms with Gasteiger partial charge in [0.1, 0.15) is 23.8 Å². The third-order valence-corrected chi connectivity index (χ3v) is 11.6. The van der Waals surface area contributed by atoms with Crippen molar-refractivity contribution in [3.63, 3.8) is 0 Å². The number of carbonyl (C=O) groups is 6. The number of primary amides is 1. The van der Waals surface area contributed by atoms with E-state index in [-0.39, 0.29) is 42.7 Å². The first-order chi connectivity index (χ1) is 27.6. The maximum Gasteiger partial charge on any atom is 0.396 e. The molecule has 16 nitrogen and oxygen atoms in total. The van der Waals surface area contributed by atoms with Crippen molar-refractivity contribution in [1.29, 1.82) is 0 Å². The Bertz CT molecular complexity index is 2190. The largest absolute Gasteiger partial charge is 0.396 e. The number of aromatic nitrogens is 1. The lowest BCUT2D eigenvalue weighted by atomic mass is 9.98. The highest BCUT2D eigenvalue weighted by atomic mass is 31.2. The Morgan fingerprint density at radius 2 is 1.55 bits per heavy atom. The Labute approximate surface area is 335 Å². The summed E-state index contributed by atoms with van der Waals surface area (Å²) in [5.41, 5.74) is 5.99. The number of rotatable bonds is 14. The Morgan fingerprint density at radius 1 is 0.897 bits per heavy atom. The van der Waals surface area contributed by atoms with E-state index in [1.807, 2.05) is 74.5 Å². The normalized spacial score (nSPS) is 19.3. The van der Waals surface area contributed by atoms with Crippen LogP contribution in [-0.2, 0) is 23.7 Å². The third-order valence-electron chi connectivity index (χ3n) is 10.8. The van der Waals surface area contributed by atoms with Gasteiger partial charge in [0.05, 0.1) is 6.04 Å². The van der Waals surface area contributed by atoms with Gasteiger partial charge in [-0.25, -0.2) is 0 Å². The van der Waals surface area contributed by atoms with Crippen molar-refractivity contribution in [3.8, 4) is 0 Å². The number of aromatic amines is 1. The lowest BCUT2D eigenvalue weighted by Crippen LogP contribution is -2.62. The van der Waals surface area contributed by atoms with Gasteiger partial charge in [-0.1, -0.05) is 60.7 Å². The van der Waals surface area contributed by atoms with Gasteiger partial charge >= 0.3 is 7.60 Å². The van der Waals surface area contributed by atoms with Gasteiger partial charge in [-0.3, -0.25) is 38.2 Å². The smallest absolute Gasteiger partial charge is 0.370 e. The highest BCUT2D eigenvalue weighted by Crippen LogP contribution is 2.39. The zero-order valence-electron chi connectivity index (χ0n) is 32.2. The van der Waals surface area contributed by atoms with Crippen LogP contribution in [0.3, 0.4) is 0 Å². The van der Waals surface area contributed by atoms with Crippen molar-refractivity contribution < 1.29 is 43.1 Å². The van der Waals surface area contributed by atoms with Crippen molar-refractivity contribution in [2.75, 3.05) is 13.1 Å². The molecule has 0 radical (unpaired) electrons. The number of nitrogens with zero attached hydrogens (tertiary/aromatic N) is 2. The number of amides is 5. The van der Waals surface area contributed by atoms with Crippen LogP contribution < -0.4 is 21.7 Å². The Hall–Kier alpha value is -5.67. The van der Waals surface area contributed by atoms with Crippen molar-refractivity contribution in [2.24, 2.45) is 5.73 Å². The molecule has 4 aromatic rings. The van der Waals surface area contributed by atoms with E-state index in [2.05, 4.69) is 25.8 Å². The summed E-state index contributed by atoms with van der Waals surface area (Å²) in [5.74, 6) is -2.87. The monoisotopic (exact) mass is 813 g/mol. The van der Waals surface area contributed by atoms with Crippen LogP contribution in [0.25, 0.3) is 10.9 Å². The van der Waals surface area contributed by atoms with E-state index in [1.165, 1.54) is 29.2 Å². The lowest BCUT2D eigenvalue weighted by Gasteiger charge is -2.40. The number of nitrogens with one attached hydrogen (secondary N) is 4. The maximum absolute atomic E-state index is 14.6. The Morgan fingerprint density at radius 3 is 2.16 bits per heavy atom. The van der Waals surface area contributed by atoms with Crippen LogP contribution in [0.5, 0.6) is 0 Å². The summed E-state index contributed by atoms with van der Waals surface area (Å²) in [6.45, 7) is 4.70. The molecule has 3 heterocycles. The van der Waals surface area contributed by atoms with Gasteiger partial charge in [-0.2, -0.15) is 0 Å². The SMILES string of the molecule is CC(C)N1CC[C@H]2CC[C@@H](C(=O)N[C@@H](CCC(N)=O)C(=O)NC(c3ccccc3)c3ccccc3)N2C(=O)[C@@H](NC(=O)c2cc3cc(C(=O)P(=O)(O)O)ccc3[nH]2)C1. The third kappa shape index (κ3) is 9.71. The summed E-state index contributed by atoms with van der Waals surface area (Å²) in [6, 6.07) is 19.9. The van der Waals surface area contributed by atoms with E-state index in [0.717, 1.165) is 11.1 Å². The molecule has 17 heteroatoms. The van der Waals surface area contributed by atoms with Gasteiger partial charge in [0, 0.05) is 48.1 Å². The molecule has 4 atom stereocenters. The molecular weight excluding hydrogens is 765 g/mol. The molecule has 0 spiro atoms. The number of benzene rings is 3. The zero-order valence-corrected chi connectivity index (χ0v) is 33.1. The van der Waals surface area contributed by atoms with Crippen molar-refractivity contribution in [3.05, 3.63) is 107 Å². The number of fused-ring (bicyclic) bond motifs is 2. The van der Waals surface area contributed by atoms with Crippen molar-refractivity contribution in [2.45, 2.75) is 82.2 Å². The van der Waals surface area contributed by atoms with Crippen LogP contribution in [0.1, 0.15) is 84.0 Å². The average Bonchev–Trinajstić information content (AvgIpc) is 3.83. The molecule has 0 aliphatic carbocycles. The quantitative estimate of drug-likeness (QED) is 0.0918. The molecule has 2 saturated heterocycles. The maximum atomic E-state index is 14.6. The minimum atomic E-state index is -5.04. The van der Waals surface area contributed by atoms with E-state index in [4.69, 9.17) is 5.73 Å². The molecule has 8 N–H and O–H groups in total. The van der Waals surface area contributed by atoms with Crippen LogP contribution >= 0.6 is 7.60 Å². The molecule has 2 aliphatic heterocycles. The van der Waals surface area contributed by atoms with Crippen LogP contribution in [0.15, 0.2) is 84.9 Å². The molecule has 3 aromatic carbocycles. The fourth-order valence-corrected chi connectivity index (χ4v) is 8.22. The van der Waals surface area contributed by atoms with E-state index >= 15 is 0 Å². The fraction of sp³-hybridized carbons (Fsp3) is 0.366. The van der Waals surface area contributed by atoms with Crippen molar-refractivity contribution in [1.82, 2.24) is 30.7 Å². The number of nitrogens with two attached hydrogens (primary N) is 1. The summed E-state index contributed by atoms with van der Waals surface area (Å²) in [4.78, 5) is 106.